The van der Waals surface area contributed by atoms with Crippen LogP contribution in [0.25, 0.3) is 0 Å². The summed E-state index contributed by atoms with van der Waals surface area (Å²) in [5.74, 6) is 0. The highest BCUT2D eigenvalue weighted by Crippen LogP contribution is 2.44. The van der Waals surface area contributed by atoms with Crippen LogP contribution in [-0.2, 0) is 23.4 Å². The summed E-state index contributed by atoms with van der Waals surface area (Å²) in [6, 6.07) is 11.1. The lowest BCUT2D eigenvalue weighted by Gasteiger charge is -2.41. The quantitative estimate of drug-likeness (QED) is 0.489. The Hall–Kier alpha value is -2.06. The second-order valence-corrected chi connectivity index (χ2v) is 8.58. The number of alkyl halides is 6. The van der Waals surface area contributed by atoms with Crippen LogP contribution in [0.15, 0.2) is 48.5 Å². The molecule has 3 rings (SSSR count). The van der Waals surface area contributed by atoms with Gasteiger partial charge in [-0.3, -0.25) is 0 Å². The number of hydrogen-bond acceptors (Lipinski definition) is 2. The van der Waals surface area contributed by atoms with Crippen molar-refractivity contribution in [2.24, 2.45) is 0 Å². The minimum atomic E-state index is -4.95. The van der Waals surface area contributed by atoms with Gasteiger partial charge >= 0.3 is 12.4 Å². The second-order valence-electron chi connectivity index (χ2n) is 8.58. The number of aliphatic hydroxyl groups is 1. The van der Waals surface area contributed by atoms with Gasteiger partial charge in [-0.1, -0.05) is 37.3 Å². The van der Waals surface area contributed by atoms with Crippen molar-refractivity contribution in [3.05, 3.63) is 70.8 Å². The molecule has 1 atom stereocenters. The van der Waals surface area contributed by atoms with Crippen LogP contribution in [0, 0.1) is 0 Å². The van der Waals surface area contributed by atoms with Crippen molar-refractivity contribution >= 4 is 0 Å². The van der Waals surface area contributed by atoms with E-state index in [-0.39, 0.29) is 29.9 Å². The van der Waals surface area contributed by atoms with Crippen LogP contribution < -0.4 is 5.32 Å². The summed E-state index contributed by atoms with van der Waals surface area (Å²) in [6.45, 7) is 3.08. The smallest absolute Gasteiger partial charge is 0.385 e. The Balaban J connectivity index is 1.99. The van der Waals surface area contributed by atoms with Crippen LogP contribution in [0.1, 0.15) is 61.3 Å². The Labute approximate surface area is 183 Å². The fraction of sp³-hybridized carbons (Fsp3) is 0.500. The summed E-state index contributed by atoms with van der Waals surface area (Å²) in [6.07, 6.45) is -7.87. The number of halogens is 6. The van der Waals surface area contributed by atoms with E-state index >= 15 is 0 Å². The summed E-state index contributed by atoms with van der Waals surface area (Å²) in [5.41, 5.74) is -4.21. The van der Waals surface area contributed by atoms with E-state index in [1.165, 1.54) is 0 Å². The highest BCUT2D eigenvalue weighted by molar-refractivity contribution is 5.37. The van der Waals surface area contributed by atoms with Gasteiger partial charge in [0.1, 0.15) is 0 Å². The van der Waals surface area contributed by atoms with Crippen molar-refractivity contribution in [2.45, 2.75) is 62.4 Å². The van der Waals surface area contributed by atoms with Crippen molar-refractivity contribution in [3.63, 3.8) is 0 Å². The molecule has 1 unspecified atom stereocenters. The van der Waals surface area contributed by atoms with Crippen molar-refractivity contribution in [1.82, 2.24) is 5.32 Å². The molecule has 0 radical (unpaired) electrons. The lowest BCUT2D eigenvalue weighted by atomic mass is 9.68. The molecule has 2 N–H and O–H groups in total. The molecule has 8 heteroatoms. The topological polar surface area (TPSA) is 32.3 Å². The Morgan fingerprint density at radius 2 is 1.34 bits per heavy atom. The molecule has 0 aromatic heterocycles. The minimum absolute atomic E-state index is 0.00523. The van der Waals surface area contributed by atoms with Crippen LogP contribution in [0.3, 0.4) is 0 Å². The third-order valence-corrected chi connectivity index (χ3v) is 6.67. The van der Waals surface area contributed by atoms with Gasteiger partial charge in [0.05, 0.1) is 16.7 Å². The third-order valence-electron chi connectivity index (χ3n) is 6.67. The first kappa shape index (κ1) is 24.6. The first-order chi connectivity index (χ1) is 14.9. The average Bonchev–Trinajstić information content (AvgIpc) is 2.77. The summed E-state index contributed by atoms with van der Waals surface area (Å²) in [5, 5.41) is 14.6. The number of rotatable bonds is 6. The van der Waals surface area contributed by atoms with Gasteiger partial charge in [0.2, 0.25) is 0 Å². The molecule has 0 amide bonds. The maximum atomic E-state index is 13.3. The monoisotopic (exact) mass is 459 g/mol. The first-order valence-corrected chi connectivity index (χ1v) is 10.7. The van der Waals surface area contributed by atoms with E-state index in [1.54, 1.807) is 6.92 Å². The normalized spacial score (nSPS) is 18.9. The molecule has 1 aliphatic rings. The van der Waals surface area contributed by atoms with Gasteiger partial charge in [-0.15, -0.1) is 0 Å². The zero-order chi connectivity index (χ0) is 23.6. The zero-order valence-corrected chi connectivity index (χ0v) is 17.8. The predicted molar refractivity (Wildman–Crippen MR) is 110 cm³/mol. The van der Waals surface area contributed by atoms with Crippen LogP contribution >= 0.6 is 0 Å². The maximum absolute atomic E-state index is 13.3. The lowest BCUT2D eigenvalue weighted by Crippen LogP contribution is -2.41. The highest BCUT2D eigenvalue weighted by Gasteiger charge is 2.41. The third kappa shape index (κ3) is 5.29. The molecule has 0 spiro atoms. The van der Waals surface area contributed by atoms with Crippen LogP contribution in [-0.4, -0.2) is 18.2 Å². The molecule has 1 aliphatic heterocycles. The fourth-order valence-electron chi connectivity index (χ4n) is 4.57. The van der Waals surface area contributed by atoms with Gasteiger partial charge in [-0.2, -0.15) is 26.3 Å². The zero-order valence-electron chi connectivity index (χ0n) is 17.8. The second kappa shape index (κ2) is 9.06. The summed E-state index contributed by atoms with van der Waals surface area (Å²) < 4.78 is 80.0. The number of hydrogen-bond donors (Lipinski definition) is 2. The van der Waals surface area contributed by atoms with E-state index in [1.807, 2.05) is 30.3 Å². The summed E-state index contributed by atoms with van der Waals surface area (Å²) >= 11 is 0. The Bertz CT molecular complexity index is 871. The molecule has 1 fully saturated rings. The van der Waals surface area contributed by atoms with E-state index < -0.39 is 29.1 Å². The molecule has 2 nitrogen and oxygen atoms in total. The van der Waals surface area contributed by atoms with Crippen molar-refractivity contribution in [2.75, 3.05) is 13.1 Å². The molecule has 176 valence electrons. The molecule has 1 heterocycles. The van der Waals surface area contributed by atoms with Gasteiger partial charge in [-0.25, -0.2) is 0 Å². The Morgan fingerprint density at radius 1 is 0.844 bits per heavy atom. The van der Waals surface area contributed by atoms with Crippen molar-refractivity contribution in [3.8, 4) is 0 Å². The van der Waals surface area contributed by atoms with Gasteiger partial charge in [0.15, 0.2) is 0 Å². The molecular formula is C24H27F6NO. The summed E-state index contributed by atoms with van der Waals surface area (Å²) in [7, 11) is 0. The van der Waals surface area contributed by atoms with Gasteiger partial charge in [0.25, 0.3) is 0 Å². The molecule has 2 aromatic carbocycles. The molecule has 1 saturated heterocycles. The standard InChI is InChI=1S/C24H27F6NO/c1-2-22(32,18-14-19(23(25,26)27)16-20(15-18)24(28,29)30)9-8-21(10-12-31-13-11-21)17-6-4-3-5-7-17/h3-7,14-16,31-32H,2,8-13H2,1H3. The van der Waals surface area contributed by atoms with Crippen LogP contribution in [0.5, 0.6) is 0 Å². The Kier molecular flexibility index (Phi) is 6.96. The maximum Gasteiger partial charge on any atom is 0.416 e. The van der Waals surface area contributed by atoms with Crippen LogP contribution in [0.2, 0.25) is 0 Å². The van der Waals surface area contributed by atoms with E-state index in [0.29, 0.717) is 18.6 Å². The molecule has 2 aromatic rings. The predicted octanol–water partition coefficient (Wildman–Crippen LogP) is 6.42. The van der Waals surface area contributed by atoms with Gasteiger partial charge < -0.3 is 10.4 Å². The number of piperidine rings is 1. The molecular weight excluding hydrogens is 432 g/mol. The van der Waals surface area contributed by atoms with E-state index in [2.05, 4.69) is 5.32 Å². The lowest BCUT2D eigenvalue weighted by molar-refractivity contribution is -0.143. The van der Waals surface area contributed by atoms with Crippen LogP contribution in [0.4, 0.5) is 26.3 Å². The molecule has 0 saturated carbocycles. The average molecular weight is 459 g/mol. The SMILES string of the molecule is CCC(O)(CCC1(c2ccccc2)CCNCC1)c1cc(C(F)(F)F)cc(C(F)(F)F)c1. The van der Waals surface area contributed by atoms with Gasteiger partial charge in [-0.05, 0) is 79.9 Å². The number of benzene rings is 2. The summed E-state index contributed by atoms with van der Waals surface area (Å²) in [4.78, 5) is 0. The van der Waals surface area contributed by atoms with Crippen molar-refractivity contribution in [1.29, 1.82) is 0 Å². The Morgan fingerprint density at radius 3 is 1.81 bits per heavy atom. The molecule has 0 bridgehead atoms. The van der Waals surface area contributed by atoms with Gasteiger partial charge in [0, 0.05) is 0 Å². The highest BCUT2D eigenvalue weighted by atomic mass is 19.4. The van der Waals surface area contributed by atoms with E-state index in [4.69, 9.17) is 0 Å². The molecule has 32 heavy (non-hydrogen) atoms. The minimum Gasteiger partial charge on any atom is -0.385 e. The molecule has 0 aliphatic carbocycles. The first-order valence-electron chi connectivity index (χ1n) is 10.7. The van der Waals surface area contributed by atoms with E-state index in [9.17, 15) is 31.4 Å². The fourth-order valence-corrected chi connectivity index (χ4v) is 4.57. The number of nitrogens with one attached hydrogen (secondary N) is 1. The largest absolute Gasteiger partial charge is 0.416 e. The van der Waals surface area contributed by atoms with E-state index in [0.717, 1.165) is 31.5 Å². The van der Waals surface area contributed by atoms with Crippen molar-refractivity contribution < 1.29 is 31.4 Å².